The first-order valence-corrected chi connectivity index (χ1v) is 9.78. The maximum absolute atomic E-state index is 11.3. The highest BCUT2D eigenvalue weighted by molar-refractivity contribution is 14.0. The number of anilines is 1. The number of halogens is 1. The number of para-hydroxylation sites is 1. The van der Waals surface area contributed by atoms with Crippen molar-refractivity contribution in [3.8, 4) is 0 Å². The summed E-state index contributed by atoms with van der Waals surface area (Å²) in [5, 5.41) is 4.64. The van der Waals surface area contributed by atoms with Gasteiger partial charge in [-0.15, -0.1) is 24.0 Å². The van der Waals surface area contributed by atoms with Gasteiger partial charge in [0, 0.05) is 52.6 Å². The molecule has 0 aliphatic carbocycles. The van der Waals surface area contributed by atoms with Crippen LogP contribution in [0.1, 0.15) is 24.8 Å². The second kappa shape index (κ2) is 10.6. The number of carbonyl (C=O) groups is 1. The van der Waals surface area contributed by atoms with E-state index in [1.807, 2.05) is 37.2 Å². The molecule has 2 aromatic rings. The SMILES string of the molecule is CN=C(NCc1cc(N(C)C)nc2ccccc12)N1CCCC(CC(N)=O)C1.I. The first-order valence-electron chi connectivity index (χ1n) is 9.78. The Morgan fingerprint density at radius 3 is 2.83 bits per heavy atom. The third kappa shape index (κ3) is 5.94. The van der Waals surface area contributed by atoms with Gasteiger partial charge in [-0.3, -0.25) is 9.79 Å². The van der Waals surface area contributed by atoms with Crippen molar-refractivity contribution in [1.82, 2.24) is 15.2 Å². The molecule has 0 spiro atoms. The predicted molar refractivity (Wildman–Crippen MR) is 130 cm³/mol. The second-order valence-corrected chi connectivity index (χ2v) is 7.58. The fraction of sp³-hybridized carbons (Fsp3) is 0.476. The average molecular weight is 510 g/mol. The lowest BCUT2D eigenvalue weighted by Crippen LogP contribution is -2.46. The van der Waals surface area contributed by atoms with Crippen molar-refractivity contribution in [2.24, 2.45) is 16.6 Å². The summed E-state index contributed by atoms with van der Waals surface area (Å²) in [5.74, 6) is 1.87. The highest BCUT2D eigenvalue weighted by atomic mass is 127. The van der Waals surface area contributed by atoms with E-state index >= 15 is 0 Å². The van der Waals surface area contributed by atoms with Crippen molar-refractivity contribution in [1.29, 1.82) is 0 Å². The molecule has 1 atom stereocenters. The van der Waals surface area contributed by atoms with Crippen LogP contribution in [0.25, 0.3) is 10.9 Å². The van der Waals surface area contributed by atoms with E-state index in [0.717, 1.165) is 48.6 Å². The van der Waals surface area contributed by atoms with Crippen LogP contribution in [0, 0.1) is 5.92 Å². The van der Waals surface area contributed by atoms with Crippen LogP contribution in [-0.2, 0) is 11.3 Å². The molecule has 29 heavy (non-hydrogen) atoms. The zero-order valence-electron chi connectivity index (χ0n) is 17.4. The van der Waals surface area contributed by atoms with Crippen LogP contribution in [0.2, 0.25) is 0 Å². The summed E-state index contributed by atoms with van der Waals surface area (Å²) in [6, 6.07) is 10.3. The fourth-order valence-corrected chi connectivity index (χ4v) is 3.82. The summed E-state index contributed by atoms with van der Waals surface area (Å²) in [4.78, 5) is 24.7. The number of primary amides is 1. The lowest BCUT2D eigenvalue weighted by molar-refractivity contribution is -0.119. The molecule has 0 bridgehead atoms. The molecule has 1 aromatic carbocycles. The molecule has 3 N–H and O–H groups in total. The summed E-state index contributed by atoms with van der Waals surface area (Å²) in [6.45, 7) is 2.41. The summed E-state index contributed by atoms with van der Waals surface area (Å²) < 4.78 is 0. The molecule has 1 aliphatic rings. The molecule has 3 rings (SSSR count). The van der Waals surface area contributed by atoms with Crippen molar-refractivity contribution < 1.29 is 4.79 Å². The smallest absolute Gasteiger partial charge is 0.217 e. The number of likely N-dealkylation sites (tertiary alicyclic amines) is 1. The first kappa shape index (κ1) is 23.2. The fourth-order valence-electron chi connectivity index (χ4n) is 3.82. The Bertz CT molecular complexity index is 869. The van der Waals surface area contributed by atoms with Gasteiger partial charge >= 0.3 is 0 Å². The number of hydrogen-bond acceptors (Lipinski definition) is 4. The van der Waals surface area contributed by atoms with Crippen LogP contribution in [0.15, 0.2) is 35.3 Å². The Morgan fingerprint density at radius 2 is 2.14 bits per heavy atom. The minimum absolute atomic E-state index is 0. The van der Waals surface area contributed by atoms with Crippen LogP contribution in [-0.4, -0.2) is 56.0 Å². The Hall–Kier alpha value is -2.10. The number of amides is 1. The van der Waals surface area contributed by atoms with Gasteiger partial charge in [0.2, 0.25) is 5.91 Å². The summed E-state index contributed by atoms with van der Waals surface area (Å²) in [5.41, 5.74) is 7.56. The highest BCUT2D eigenvalue weighted by Gasteiger charge is 2.23. The summed E-state index contributed by atoms with van der Waals surface area (Å²) >= 11 is 0. The number of fused-ring (bicyclic) bond motifs is 1. The lowest BCUT2D eigenvalue weighted by Gasteiger charge is -2.34. The normalized spacial score (nSPS) is 17.0. The molecule has 1 aliphatic heterocycles. The second-order valence-electron chi connectivity index (χ2n) is 7.58. The maximum atomic E-state index is 11.3. The average Bonchev–Trinajstić information content (AvgIpc) is 2.68. The molecule has 8 heteroatoms. The quantitative estimate of drug-likeness (QED) is 0.367. The van der Waals surface area contributed by atoms with Crippen molar-refractivity contribution in [2.45, 2.75) is 25.8 Å². The third-order valence-electron chi connectivity index (χ3n) is 5.20. The van der Waals surface area contributed by atoms with E-state index in [1.54, 1.807) is 7.05 Å². The topological polar surface area (TPSA) is 86.8 Å². The van der Waals surface area contributed by atoms with Gasteiger partial charge in [0.05, 0.1) is 5.52 Å². The predicted octanol–water partition coefficient (Wildman–Crippen LogP) is 2.58. The maximum Gasteiger partial charge on any atom is 0.217 e. The number of pyridine rings is 1. The van der Waals surface area contributed by atoms with Gasteiger partial charge < -0.3 is 20.9 Å². The molecule has 1 fully saturated rings. The van der Waals surface area contributed by atoms with E-state index in [1.165, 1.54) is 5.56 Å². The van der Waals surface area contributed by atoms with E-state index in [4.69, 9.17) is 10.7 Å². The molecule has 1 amide bonds. The number of aromatic nitrogens is 1. The van der Waals surface area contributed by atoms with E-state index in [9.17, 15) is 4.79 Å². The van der Waals surface area contributed by atoms with Gasteiger partial charge in [-0.1, -0.05) is 18.2 Å². The number of piperidine rings is 1. The van der Waals surface area contributed by atoms with Gasteiger partial charge in [-0.2, -0.15) is 0 Å². The van der Waals surface area contributed by atoms with Gasteiger partial charge in [-0.25, -0.2) is 4.98 Å². The minimum Gasteiger partial charge on any atom is -0.370 e. The van der Waals surface area contributed by atoms with Crippen LogP contribution in [0.5, 0.6) is 0 Å². The highest BCUT2D eigenvalue weighted by Crippen LogP contribution is 2.23. The molecule has 0 radical (unpaired) electrons. The molecule has 158 valence electrons. The Kier molecular flexibility index (Phi) is 8.48. The Morgan fingerprint density at radius 1 is 1.38 bits per heavy atom. The molecule has 1 aromatic heterocycles. The number of nitrogens with one attached hydrogen (secondary N) is 1. The van der Waals surface area contributed by atoms with E-state index in [2.05, 4.69) is 27.3 Å². The van der Waals surface area contributed by atoms with Crippen molar-refractivity contribution in [2.75, 3.05) is 39.1 Å². The third-order valence-corrected chi connectivity index (χ3v) is 5.20. The number of carbonyl (C=O) groups excluding carboxylic acids is 1. The van der Waals surface area contributed by atoms with E-state index in [0.29, 0.717) is 18.9 Å². The molecule has 7 nitrogen and oxygen atoms in total. The Balaban J connectivity index is 0.00000300. The molecule has 1 saturated heterocycles. The van der Waals surface area contributed by atoms with Gasteiger partial charge in [0.15, 0.2) is 5.96 Å². The number of nitrogens with zero attached hydrogens (tertiary/aromatic N) is 4. The van der Waals surface area contributed by atoms with Crippen LogP contribution in [0.3, 0.4) is 0 Å². The van der Waals surface area contributed by atoms with Crippen LogP contribution < -0.4 is 16.0 Å². The monoisotopic (exact) mass is 510 g/mol. The number of guanidine groups is 1. The molecule has 2 heterocycles. The van der Waals surface area contributed by atoms with Gasteiger partial charge in [0.25, 0.3) is 0 Å². The van der Waals surface area contributed by atoms with Crippen LogP contribution in [0.4, 0.5) is 5.82 Å². The first-order chi connectivity index (χ1) is 13.5. The largest absolute Gasteiger partial charge is 0.370 e. The molecular formula is C21H31IN6O. The Labute approximate surface area is 189 Å². The molecular weight excluding hydrogens is 479 g/mol. The van der Waals surface area contributed by atoms with Gasteiger partial charge in [-0.05, 0) is 36.5 Å². The number of benzene rings is 1. The summed E-state index contributed by atoms with van der Waals surface area (Å²) in [7, 11) is 5.80. The van der Waals surface area contributed by atoms with Crippen molar-refractivity contribution >= 4 is 52.6 Å². The zero-order valence-corrected chi connectivity index (χ0v) is 19.7. The summed E-state index contributed by atoms with van der Waals surface area (Å²) in [6.07, 6.45) is 2.52. The van der Waals surface area contributed by atoms with Crippen molar-refractivity contribution in [3.05, 3.63) is 35.9 Å². The number of nitrogens with two attached hydrogens (primary N) is 1. The number of hydrogen-bond donors (Lipinski definition) is 2. The van der Waals surface area contributed by atoms with E-state index in [-0.39, 0.29) is 29.9 Å². The standard InChI is InChI=1S/C21H30N6O.HI/c1-23-21(27-10-6-7-15(14-27)11-19(22)28)24-13-16-12-20(26(2)3)25-18-9-5-4-8-17(16)18;/h4-5,8-9,12,15H,6-7,10-11,13-14H2,1-3H3,(H2,22,28)(H,23,24);1H. The van der Waals surface area contributed by atoms with Crippen molar-refractivity contribution in [3.63, 3.8) is 0 Å². The number of rotatable bonds is 5. The molecule has 1 unspecified atom stereocenters. The van der Waals surface area contributed by atoms with Gasteiger partial charge in [0.1, 0.15) is 5.82 Å². The van der Waals surface area contributed by atoms with E-state index < -0.39 is 0 Å². The lowest BCUT2D eigenvalue weighted by atomic mass is 9.95. The minimum atomic E-state index is -0.228. The molecule has 0 saturated carbocycles. The van der Waals surface area contributed by atoms with Crippen LogP contribution >= 0.6 is 24.0 Å². The number of aliphatic imine (C=N–C) groups is 1. The zero-order chi connectivity index (χ0) is 20.1.